The number of fused-ring (bicyclic) bond motifs is 1. The molecule has 0 amide bonds. The Morgan fingerprint density at radius 2 is 2.00 bits per heavy atom. The van der Waals surface area contributed by atoms with E-state index in [9.17, 15) is 5.11 Å². The molecule has 0 aliphatic heterocycles. The Kier molecular flexibility index (Phi) is 3.00. The molecule has 1 N–H and O–H groups in total. The lowest BCUT2D eigenvalue weighted by atomic mass is 9.81. The van der Waals surface area contributed by atoms with Gasteiger partial charge in [0.05, 0.1) is 6.10 Å². The first-order chi connectivity index (χ1) is 8.36. The normalized spacial score (nSPS) is 20.9. The van der Waals surface area contributed by atoms with Crippen LogP contribution in [0, 0.1) is 0 Å². The fourth-order valence-electron chi connectivity index (χ4n) is 2.73. The van der Waals surface area contributed by atoms with Gasteiger partial charge in [0, 0.05) is 10.8 Å². The summed E-state index contributed by atoms with van der Waals surface area (Å²) >= 11 is 1.83. The van der Waals surface area contributed by atoms with Crippen LogP contribution in [-0.2, 0) is 6.42 Å². The minimum absolute atomic E-state index is 0.285. The van der Waals surface area contributed by atoms with Gasteiger partial charge < -0.3 is 5.11 Å². The van der Waals surface area contributed by atoms with E-state index in [1.165, 1.54) is 23.3 Å². The molecule has 1 nitrogen and oxygen atoms in total. The highest BCUT2D eigenvalue weighted by Crippen LogP contribution is 2.42. The summed E-state index contributed by atoms with van der Waals surface area (Å²) < 4.78 is 0. The van der Waals surface area contributed by atoms with Crippen LogP contribution in [0.3, 0.4) is 0 Å². The van der Waals surface area contributed by atoms with Crippen molar-refractivity contribution in [3.8, 4) is 0 Å². The van der Waals surface area contributed by atoms with Gasteiger partial charge in [-0.1, -0.05) is 30.3 Å². The van der Waals surface area contributed by atoms with Crippen molar-refractivity contribution in [2.45, 2.75) is 31.3 Å². The van der Waals surface area contributed by atoms with Crippen LogP contribution in [0.1, 0.15) is 40.9 Å². The third-order valence-electron chi connectivity index (χ3n) is 3.62. The number of aliphatic hydroxyl groups is 1. The highest BCUT2D eigenvalue weighted by molar-refractivity contribution is 7.10. The first-order valence-electron chi connectivity index (χ1n) is 6.15. The molecule has 2 aromatic rings. The van der Waals surface area contributed by atoms with Crippen LogP contribution in [0.15, 0.2) is 41.8 Å². The summed E-state index contributed by atoms with van der Waals surface area (Å²) in [6, 6.07) is 12.2. The fourth-order valence-corrected chi connectivity index (χ4v) is 3.73. The predicted octanol–water partition coefficient (Wildman–Crippen LogP) is 3.90. The van der Waals surface area contributed by atoms with Gasteiger partial charge in [0.15, 0.2) is 0 Å². The molecule has 2 unspecified atom stereocenters. The van der Waals surface area contributed by atoms with E-state index in [1.807, 2.05) is 41.7 Å². The Bertz CT molecular complexity index is 489. The Hall–Kier alpha value is -1.12. The van der Waals surface area contributed by atoms with Gasteiger partial charge in [0.1, 0.15) is 0 Å². The molecule has 1 aliphatic carbocycles. The number of aryl methyl sites for hydroxylation is 1. The van der Waals surface area contributed by atoms with Crippen molar-refractivity contribution in [3.05, 3.63) is 57.8 Å². The molecule has 1 aromatic heterocycles. The Balaban J connectivity index is 1.92. The zero-order valence-corrected chi connectivity index (χ0v) is 10.5. The molecule has 2 atom stereocenters. The molecule has 0 radical (unpaired) electrons. The number of hydrogen-bond donors (Lipinski definition) is 1. The summed E-state index contributed by atoms with van der Waals surface area (Å²) in [7, 11) is 0. The van der Waals surface area contributed by atoms with Crippen molar-refractivity contribution in [1.29, 1.82) is 0 Å². The van der Waals surface area contributed by atoms with Crippen molar-refractivity contribution >= 4 is 11.3 Å². The fraction of sp³-hybridized carbons (Fsp3) is 0.333. The third kappa shape index (κ3) is 2.03. The maximum atomic E-state index is 10.5. The van der Waals surface area contributed by atoms with Gasteiger partial charge in [-0.25, -0.2) is 0 Å². The second kappa shape index (κ2) is 4.63. The van der Waals surface area contributed by atoms with E-state index in [4.69, 9.17) is 0 Å². The smallest absolute Gasteiger partial charge is 0.0858 e. The van der Waals surface area contributed by atoms with Crippen LogP contribution in [0.4, 0.5) is 0 Å². The number of thiophene rings is 1. The molecule has 0 fully saturated rings. The van der Waals surface area contributed by atoms with Gasteiger partial charge in [-0.15, -0.1) is 11.3 Å². The average molecular weight is 244 g/mol. The lowest BCUT2D eigenvalue weighted by molar-refractivity contribution is 0.136. The van der Waals surface area contributed by atoms with Crippen LogP contribution in [-0.4, -0.2) is 5.11 Å². The molecule has 0 spiro atoms. The van der Waals surface area contributed by atoms with Crippen molar-refractivity contribution in [2.75, 3.05) is 0 Å². The summed E-state index contributed by atoms with van der Waals surface area (Å²) in [5.41, 5.74) is 2.41. The predicted molar refractivity (Wildman–Crippen MR) is 71.4 cm³/mol. The summed E-state index contributed by atoms with van der Waals surface area (Å²) in [5, 5.41) is 12.7. The Morgan fingerprint density at radius 1 is 1.18 bits per heavy atom. The maximum absolute atomic E-state index is 10.5. The van der Waals surface area contributed by atoms with Gasteiger partial charge in [-0.05, 0) is 41.8 Å². The molecule has 1 aromatic carbocycles. The molecule has 2 heteroatoms. The van der Waals surface area contributed by atoms with E-state index in [0.29, 0.717) is 0 Å². The summed E-state index contributed by atoms with van der Waals surface area (Å²) in [4.78, 5) is 1.47. The Labute approximate surface area is 106 Å². The summed E-state index contributed by atoms with van der Waals surface area (Å²) in [5.74, 6) is 0.285. The topological polar surface area (TPSA) is 20.2 Å². The van der Waals surface area contributed by atoms with Crippen LogP contribution in [0.25, 0.3) is 0 Å². The third-order valence-corrected chi connectivity index (χ3v) is 4.62. The first kappa shape index (κ1) is 11.0. The molecule has 0 saturated heterocycles. The van der Waals surface area contributed by atoms with Crippen LogP contribution in [0.2, 0.25) is 0 Å². The van der Waals surface area contributed by atoms with E-state index in [2.05, 4.69) is 11.4 Å². The largest absolute Gasteiger partial charge is 0.388 e. The van der Waals surface area contributed by atoms with Crippen molar-refractivity contribution in [3.63, 3.8) is 0 Å². The minimum Gasteiger partial charge on any atom is -0.388 e. The van der Waals surface area contributed by atoms with Gasteiger partial charge in [-0.2, -0.15) is 0 Å². The van der Waals surface area contributed by atoms with Crippen molar-refractivity contribution in [1.82, 2.24) is 0 Å². The standard InChI is InChI=1S/C15H16OS/c16-15(11-5-2-1-3-6-11)13-7-4-8-14-12(13)9-10-17-14/h1-3,5-6,9-10,13,15-16H,4,7-8H2. The SMILES string of the molecule is OC(c1ccccc1)C1CCCc2sccc21. The van der Waals surface area contributed by atoms with Gasteiger partial charge >= 0.3 is 0 Å². The molecule has 0 saturated carbocycles. The highest BCUT2D eigenvalue weighted by atomic mass is 32.1. The van der Waals surface area contributed by atoms with E-state index < -0.39 is 0 Å². The van der Waals surface area contributed by atoms with Gasteiger partial charge in [0.2, 0.25) is 0 Å². The number of benzene rings is 1. The molecule has 0 bridgehead atoms. The molecular formula is C15H16OS. The summed E-state index contributed by atoms with van der Waals surface area (Å²) in [6.45, 7) is 0. The van der Waals surface area contributed by atoms with E-state index in [0.717, 1.165) is 12.0 Å². The second-order valence-corrected chi connectivity index (χ2v) is 5.65. The molecule has 1 heterocycles. The maximum Gasteiger partial charge on any atom is 0.0858 e. The number of rotatable bonds is 2. The second-order valence-electron chi connectivity index (χ2n) is 4.65. The van der Waals surface area contributed by atoms with Crippen molar-refractivity contribution in [2.24, 2.45) is 0 Å². The average Bonchev–Trinajstić information content (AvgIpc) is 2.87. The zero-order chi connectivity index (χ0) is 11.7. The monoisotopic (exact) mass is 244 g/mol. The van der Waals surface area contributed by atoms with Crippen LogP contribution >= 0.6 is 11.3 Å². The van der Waals surface area contributed by atoms with E-state index in [-0.39, 0.29) is 12.0 Å². The van der Waals surface area contributed by atoms with E-state index in [1.54, 1.807) is 0 Å². The molecule has 88 valence electrons. The number of aliphatic hydroxyl groups excluding tert-OH is 1. The highest BCUT2D eigenvalue weighted by Gasteiger charge is 2.28. The van der Waals surface area contributed by atoms with Crippen LogP contribution < -0.4 is 0 Å². The van der Waals surface area contributed by atoms with Crippen molar-refractivity contribution < 1.29 is 5.11 Å². The Morgan fingerprint density at radius 3 is 2.82 bits per heavy atom. The molecule has 17 heavy (non-hydrogen) atoms. The van der Waals surface area contributed by atoms with E-state index >= 15 is 0 Å². The zero-order valence-electron chi connectivity index (χ0n) is 9.67. The molecule has 1 aliphatic rings. The lowest BCUT2D eigenvalue weighted by Crippen LogP contribution is -2.15. The summed E-state index contributed by atoms with van der Waals surface area (Å²) in [6.07, 6.45) is 3.12. The number of hydrogen-bond acceptors (Lipinski definition) is 2. The van der Waals surface area contributed by atoms with Gasteiger partial charge in [-0.3, -0.25) is 0 Å². The minimum atomic E-state index is -0.357. The molecule has 3 rings (SSSR count). The lowest BCUT2D eigenvalue weighted by Gasteiger charge is -2.27. The first-order valence-corrected chi connectivity index (χ1v) is 7.03. The van der Waals surface area contributed by atoms with Gasteiger partial charge in [0.25, 0.3) is 0 Å². The molecular weight excluding hydrogens is 228 g/mol. The quantitative estimate of drug-likeness (QED) is 0.849. The van der Waals surface area contributed by atoms with Crippen LogP contribution in [0.5, 0.6) is 0 Å².